The van der Waals surface area contributed by atoms with Crippen LogP contribution in [-0.4, -0.2) is 47.9 Å². The van der Waals surface area contributed by atoms with Crippen LogP contribution in [-0.2, 0) is 5.41 Å². The summed E-state index contributed by atoms with van der Waals surface area (Å²) < 4.78 is 28.0. The maximum atomic E-state index is 14.0. The monoisotopic (exact) mass is 455 g/mol. The number of halogens is 2. The standard InChI is InChI=1S/C26H31F2N3O2/c1-25(2,3)18-7-9-19(10-8-18)29-24(33)31-16-13-26(17-31)11-14-30(15-12-26)23(32)22-20(27)5-4-6-21(22)28/h4-10H,11-17H2,1-3H3,(H,29,33). The second kappa shape index (κ2) is 8.76. The molecule has 2 aromatic rings. The van der Waals surface area contributed by atoms with E-state index in [4.69, 9.17) is 0 Å². The lowest BCUT2D eigenvalue weighted by Crippen LogP contribution is -2.45. The highest BCUT2D eigenvalue weighted by Crippen LogP contribution is 2.41. The van der Waals surface area contributed by atoms with Crippen molar-refractivity contribution in [3.05, 3.63) is 65.2 Å². The summed E-state index contributed by atoms with van der Waals surface area (Å²) in [5, 5.41) is 2.98. The molecular formula is C26H31F2N3O2. The number of urea groups is 1. The predicted molar refractivity (Wildman–Crippen MR) is 124 cm³/mol. The summed E-state index contributed by atoms with van der Waals surface area (Å²) in [6.45, 7) is 8.57. The van der Waals surface area contributed by atoms with Crippen molar-refractivity contribution in [1.82, 2.24) is 9.80 Å². The first-order valence-corrected chi connectivity index (χ1v) is 11.5. The van der Waals surface area contributed by atoms with Gasteiger partial charge in [0.25, 0.3) is 5.91 Å². The molecule has 0 aliphatic carbocycles. The first-order chi connectivity index (χ1) is 15.6. The number of piperidine rings is 1. The quantitative estimate of drug-likeness (QED) is 0.657. The van der Waals surface area contributed by atoms with Crippen LogP contribution in [0.4, 0.5) is 19.3 Å². The Bertz CT molecular complexity index is 1020. The second-order valence-corrected chi connectivity index (χ2v) is 10.3. The van der Waals surface area contributed by atoms with Crippen LogP contribution in [0.1, 0.15) is 56.0 Å². The van der Waals surface area contributed by atoms with Crippen LogP contribution < -0.4 is 5.32 Å². The van der Waals surface area contributed by atoms with Crippen LogP contribution in [0.2, 0.25) is 0 Å². The summed E-state index contributed by atoms with van der Waals surface area (Å²) in [5.41, 5.74) is 1.48. The second-order valence-electron chi connectivity index (χ2n) is 10.3. The summed E-state index contributed by atoms with van der Waals surface area (Å²) >= 11 is 0. The average Bonchev–Trinajstić information content (AvgIpc) is 3.17. The SMILES string of the molecule is CC(C)(C)c1ccc(NC(=O)N2CCC3(CCN(C(=O)c4c(F)cccc4F)CC3)C2)cc1. The third-order valence-electron chi connectivity index (χ3n) is 7.02. The Hall–Kier alpha value is -2.96. The highest BCUT2D eigenvalue weighted by molar-refractivity contribution is 5.95. The Balaban J connectivity index is 1.33. The minimum Gasteiger partial charge on any atom is -0.338 e. The molecule has 0 atom stereocenters. The molecule has 0 unspecified atom stereocenters. The van der Waals surface area contributed by atoms with Crippen molar-refractivity contribution < 1.29 is 18.4 Å². The van der Waals surface area contributed by atoms with E-state index in [2.05, 4.69) is 26.1 Å². The van der Waals surface area contributed by atoms with E-state index in [-0.39, 0.29) is 16.9 Å². The molecule has 33 heavy (non-hydrogen) atoms. The van der Waals surface area contributed by atoms with E-state index in [1.165, 1.54) is 16.5 Å². The number of amides is 3. The van der Waals surface area contributed by atoms with Gasteiger partial charge in [0.05, 0.1) is 0 Å². The van der Waals surface area contributed by atoms with Crippen LogP contribution in [0.5, 0.6) is 0 Å². The number of hydrogen-bond acceptors (Lipinski definition) is 2. The zero-order valence-corrected chi connectivity index (χ0v) is 19.5. The molecule has 0 radical (unpaired) electrons. The highest BCUT2D eigenvalue weighted by atomic mass is 19.1. The minimum atomic E-state index is -0.834. The molecule has 1 N–H and O–H groups in total. The third kappa shape index (κ3) is 4.87. The van der Waals surface area contributed by atoms with Crippen molar-refractivity contribution >= 4 is 17.6 Å². The lowest BCUT2D eigenvalue weighted by molar-refractivity contribution is 0.0585. The van der Waals surface area contributed by atoms with Gasteiger partial charge in [-0.3, -0.25) is 4.79 Å². The Kier molecular flexibility index (Phi) is 6.16. The van der Waals surface area contributed by atoms with Gasteiger partial charge in [0.2, 0.25) is 0 Å². The molecule has 2 heterocycles. The third-order valence-corrected chi connectivity index (χ3v) is 7.02. The molecule has 2 aromatic carbocycles. The molecule has 0 bridgehead atoms. The van der Waals surface area contributed by atoms with Gasteiger partial charge in [-0.2, -0.15) is 0 Å². The lowest BCUT2D eigenvalue weighted by Gasteiger charge is -2.39. The summed E-state index contributed by atoms with van der Waals surface area (Å²) in [6.07, 6.45) is 2.28. The van der Waals surface area contributed by atoms with Crippen molar-refractivity contribution in [2.75, 3.05) is 31.5 Å². The van der Waals surface area contributed by atoms with Gasteiger partial charge in [-0.15, -0.1) is 0 Å². The fourth-order valence-corrected chi connectivity index (χ4v) is 4.82. The number of anilines is 1. The molecule has 5 nitrogen and oxygen atoms in total. The van der Waals surface area contributed by atoms with E-state index in [9.17, 15) is 18.4 Å². The number of benzene rings is 2. The van der Waals surface area contributed by atoms with Crippen molar-refractivity contribution in [3.63, 3.8) is 0 Å². The maximum Gasteiger partial charge on any atom is 0.321 e. The van der Waals surface area contributed by atoms with Crippen molar-refractivity contribution in [3.8, 4) is 0 Å². The molecule has 2 aliphatic rings. The van der Waals surface area contributed by atoms with E-state index >= 15 is 0 Å². The molecule has 7 heteroatoms. The first-order valence-electron chi connectivity index (χ1n) is 11.5. The zero-order chi connectivity index (χ0) is 23.8. The predicted octanol–water partition coefficient (Wildman–Crippen LogP) is 5.42. The van der Waals surface area contributed by atoms with Crippen molar-refractivity contribution in [2.45, 2.75) is 45.4 Å². The number of nitrogens with one attached hydrogen (secondary N) is 1. The summed E-state index contributed by atoms with van der Waals surface area (Å²) in [6, 6.07) is 11.3. The van der Waals surface area contributed by atoms with Crippen LogP contribution in [0.3, 0.4) is 0 Å². The smallest absolute Gasteiger partial charge is 0.321 e. The summed E-state index contributed by atoms with van der Waals surface area (Å²) in [4.78, 5) is 28.8. The lowest BCUT2D eigenvalue weighted by atomic mass is 9.77. The van der Waals surface area contributed by atoms with Gasteiger partial charge in [0, 0.05) is 31.9 Å². The van der Waals surface area contributed by atoms with Gasteiger partial charge in [0.15, 0.2) is 0 Å². The van der Waals surface area contributed by atoms with E-state index in [0.29, 0.717) is 39.0 Å². The van der Waals surface area contributed by atoms with Gasteiger partial charge in [0.1, 0.15) is 17.2 Å². The van der Waals surface area contributed by atoms with E-state index in [1.807, 2.05) is 29.2 Å². The molecule has 2 saturated heterocycles. The van der Waals surface area contributed by atoms with Gasteiger partial charge in [-0.1, -0.05) is 39.0 Å². The highest BCUT2D eigenvalue weighted by Gasteiger charge is 2.43. The molecular weight excluding hydrogens is 424 g/mol. The topological polar surface area (TPSA) is 52.7 Å². The Labute approximate surface area is 193 Å². The van der Waals surface area contributed by atoms with Gasteiger partial charge < -0.3 is 15.1 Å². The summed E-state index contributed by atoms with van der Waals surface area (Å²) in [5.74, 6) is -2.27. The van der Waals surface area contributed by atoms with Gasteiger partial charge in [-0.05, 0) is 59.9 Å². The molecule has 1 spiro atoms. The van der Waals surface area contributed by atoms with E-state index in [1.54, 1.807) is 0 Å². The maximum absolute atomic E-state index is 14.0. The van der Waals surface area contributed by atoms with Crippen molar-refractivity contribution in [2.24, 2.45) is 5.41 Å². The van der Waals surface area contributed by atoms with Crippen LogP contribution in [0, 0.1) is 17.0 Å². The van der Waals surface area contributed by atoms with Crippen LogP contribution >= 0.6 is 0 Å². The zero-order valence-electron chi connectivity index (χ0n) is 19.5. The Morgan fingerprint density at radius 2 is 1.42 bits per heavy atom. The molecule has 0 saturated carbocycles. The number of hydrogen-bond donors (Lipinski definition) is 1. The molecule has 176 valence electrons. The first kappa shape index (κ1) is 23.2. The van der Waals surface area contributed by atoms with Crippen LogP contribution in [0.15, 0.2) is 42.5 Å². The Morgan fingerprint density at radius 3 is 1.97 bits per heavy atom. The number of likely N-dealkylation sites (tertiary alicyclic amines) is 2. The fraction of sp³-hybridized carbons (Fsp3) is 0.462. The number of carbonyl (C=O) groups is 2. The van der Waals surface area contributed by atoms with Gasteiger partial charge >= 0.3 is 6.03 Å². The molecule has 2 aliphatic heterocycles. The average molecular weight is 456 g/mol. The van der Waals surface area contributed by atoms with E-state index < -0.39 is 23.1 Å². The minimum absolute atomic E-state index is 0.0537. The molecule has 2 fully saturated rings. The molecule has 3 amide bonds. The fourth-order valence-electron chi connectivity index (χ4n) is 4.82. The number of rotatable bonds is 2. The Morgan fingerprint density at radius 1 is 0.879 bits per heavy atom. The largest absolute Gasteiger partial charge is 0.338 e. The van der Waals surface area contributed by atoms with Crippen molar-refractivity contribution in [1.29, 1.82) is 0 Å². The molecule has 0 aromatic heterocycles. The van der Waals surface area contributed by atoms with E-state index in [0.717, 1.165) is 24.2 Å². The number of nitrogens with zero attached hydrogens (tertiary/aromatic N) is 2. The van der Waals surface area contributed by atoms with Gasteiger partial charge in [-0.25, -0.2) is 13.6 Å². The molecule has 4 rings (SSSR count). The normalized spacial score (nSPS) is 18.0. The number of carbonyl (C=O) groups excluding carboxylic acids is 2. The van der Waals surface area contributed by atoms with Crippen LogP contribution in [0.25, 0.3) is 0 Å². The summed E-state index contributed by atoms with van der Waals surface area (Å²) in [7, 11) is 0.